The maximum Gasteiger partial charge on any atom is 0.157 e. The molecular weight excluding hydrogens is 192 g/mol. The first-order valence-corrected chi connectivity index (χ1v) is 6.20. The molecule has 0 aliphatic carbocycles. The number of hydrogen-bond acceptors (Lipinski definition) is 3. The lowest BCUT2D eigenvalue weighted by molar-refractivity contribution is -0.162. The van der Waals surface area contributed by atoms with Gasteiger partial charge in [-0.15, -0.1) is 0 Å². The Balaban J connectivity index is 1.83. The van der Waals surface area contributed by atoms with Gasteiger partial charge in [-0.3, -0.25) is 0 Å². The molecule has 90 valence electrons. The summed E-state index contributed by atoms with van der Waals surface area (Å²) in [5.74, 6) is 0. The van der Waals surface area contributed by atoms with Gasteiger partial charge in [0.25, 0.3) is 0 Å². The molecule has 2 atom stereocenters. The lowest BCUT2D eigenvalue weighted by Crippen LogP contribution is -2.22. The second-order valence-electron chi connectivity index (χ2n) is 4.37. The summed E-state index contributed by atoms with van der Waals surface area (Å²) < 4.78 is 11.1. The first kappa shape index (κ1) is 12.9. The summed E-state index contributed by atoms with van der Waals surface area (Å²) >= 11 is 0. The van der Waals surface area contributed by atoms with Crippen molar-refractivity contribution >= 4 is 0 Å². The van der Waals surface area contributed by atoms with Crippen LogP contribution < -0.4 is 0 Å². The Bertz CT molecular complexity index is 142. The van der Waals surface area contributed by atoms with Gasteiger partial charge in [0.05, 0.1) is 6.10 Å². The second-order valence-corrected chi connectivity index (χ2v) is 4.37. The Hall–Kier alpha value is -0.120. The van der Waals surface area contributed by atoms with E-state index in [0.717, 1.165) is 45.3 Å². The van der Waals surface area contributed by atoms with Gasteiger partial charge < -0.3 is 14.6 Å². The molecule has 1 rings (SSSR count). The van der Waals surface area contributed by atoms with Crippen LogP contribution in [0.15, 0.2) is 0 Å². The molecule has 0 aromatic rings. The van der Waals surface area contributed by atoms with Crippen LogP contribution in [0.3, 0.4) is 0 Å². The molecule has 0 aromatic heterocycles. The van der Waals surface area contributed by atoms with E-state index in [9.17, 15) is 0 Å². The van der Waals surface area contributed by atoms with Crippen molar-refractivity contribution in [2.24, 2.45) is 0 Å². The third kappa shape index (κ3) is 6.88. The highest BCUT2D eigenvalue weighted by Gasteiger charge is 2.13. The molecule has 1 fully saturated rings. The number of aliphatic hydroxyl groups is 1. The topological polar surface area (TPSA) is 38.7 Å². The van der Waals surface area contributed by atoms with Crippen molar-refractivity contribution in [3.63, 3.8) is 0 Å². The average Bonchev–Trinajstić information content (AvgIpc) is 2.24. The van der Waals surface area contributed by atoms with Crippen molar-refractivity contribution in [3.8, 4) is 0 Å². The molecular formula is C12H24O3. The molecule has 1 heterocycles. The van der Waals surface area contributed by atoms with Gasteiger partial charge in [0.2, 0.25) is 0 Å². The highest BCUT2D eigenvalue weighted by atomic mass is 16.7. The Morgan fingerprint density at radius 2 is 2.20 bits per heavy atom. The molecule has 0 spiro atoms. The van der Waals surface area contributed by atoms with Crippen molar-refractivity contribution in [3.05, 3.63) is 0 Å². The molecule has 1 aliphatic rings. The minimum Gasteiger partial charge on any atom is -0.393 e. The third-order valence-corrected chi connectivity index (χ3v) is 2.71. The maximum atomic E-state index is 9.06. The van der Waals surface area contributed by atoms with Crippen LogP contribution in [-0.4, -0.2) is 30.7 Å². The van der Waals surface area contributed by atoms with E-state index in [1.54, 1.807) is 0 Å². The van der Waals surface area contributed by atoms with Gasteiger partial charge in [-0.1, -0.05) is 12.8 Å². The number of hydrogen-bond donors (Lipinski definition) is 1. The van der Waals surface area contributed by atoms with Crippen molar-refractivity contribution < 1.29 is 14.6 Å². The fourth-order valence-corrected chi connectivity index (χ4v) is 1.78. The fourth-order valence-electron chi connectivity index (χ4n) is 1.78. The lowest BCUT2D eigenvalue weighted by atomic mass is 10.1. The van der Waals surface area contributed by atoms with E-state index in [-0.39, 0.29) is 12.4 Å². The normalized spacial score (nSPS) is 24.0. The van der Waals surface area contributed by atoms with Gasteiger partial charge in [0.15, 0.2) is 6.29 Å². The van der Waals surface area contributed by atoms with E-state index in [1.807, 2.05) is 6.92 Å². The first-order valence-electron chi connectivity index (χ1n) is 6.20. The third-order valence-electron chi connectivity index (χ3n) is 2.71. The molecule has 3 heteroatoms. The van der Waals surface area contributed by atoms with E-state index < -0.39 is 0 Å². The summed E-state index contributed by atoms with van der Waals surface area (Å²) in [7, 11) is 0. The molecule has 0 bridgehead atoms. The highest BCUT2D eigenvalue weighted by Crippen LogP contribution is 2.14. The highest BCUT2D eigenvalue weighted by molar-refractivity contribution is 4.54. The van der Waals surface area contributed by atoms with Crippen LogP contribution in [-0.2, 0) is 9.47 Å². The molecule has 1 N–H and O–H groups in total. The molecule has 0 radical (unpaired) electrons. The van der Waals surface area contributed by atoms with Gasteiger partial charge in [-0.2, -0.15) is 0 Å². The number of aliphatic hydroxyl groups excluding tert-OH is 1. The monoisotopic (exact) mass is 216 g/mol. The van der Waals surface area contributed by atoms with Crippen LogP contribution in [0.1, 0.15) is 51.9 Å². The Morgan fingerprint density at radius 3 is 2.87 bits per heavy atom. The van der Waals surface area contributed by atoms with Crippen molar-refractivity contribution in [2.45, 2.75) is 64.3 Å². The summed E-state index contributed by atoms with van der Waals surface area (Å²) in [4.78, 5) is 0. The number of rotatable bonds is 7. The Morgan fingerprint density at radius 1 is 1.33 bits per heavy atom. The lowest BCUT2D eigenvalue weighted by Gasteiger charge is -2.22. The molecule has 0 saturated carbocycles. The molecule has 0 aromatic carbocycles. The summed E-state index contributed by atoms with van der Waals surface area (Å²) in [5, 5.41) is 9.06. The van der Waals surface area contributed by atoms with E-state index >= 15 is 0 Å². The van der Waals surface area contributed by atoms with Crippen LogP contribution >= 0.6 is 0 Å². The van der Waals surface area contributed by atoms with Crippen LogP contribution in [0.4, 0.5) is 0 Å². The van der Waals surface area contributed by atoms with Crippen LogP contribution in [0.2, 0.25) is 0 Å². The summed E-state index contributed by atoms with van der Waals surface area (Å²) in [6.07, 6.45) is 7.55. The SMILES string of the molecule is C[C@H](O)CCCCCO[C@H]1CCCCO1. The molecule has 0 unspecified atom stereocenters. The van der Waals surface area contributed by atoms with Crippen molar-refractivity contribution in [1.29, 1.82) is 0 Å². The molecule has 0 amide bonds. The largest absolute Gasteiger partial charge is 0.393 e. The molecule has 15 heavy (non-hydrogen) atoms. The smallest absolute Gasteiger partial charge is 0.157 e. The van der Waals surface area contributed by atoms with Gasteiger partial charge in [0.1, 0.15) is 0 Å². The molecule has 3 nitrogen and oxygen atoms in total. The van der Waals surface area contributed by atoms with Crippen LogP contribution in [0, 0.1) is 0 Å². The molecule has 1 aliphatic heterocycles. The number of unbranched alkanes of at least 4 members (excludes halogenated alkanes) is 2. The van der Waals surface area contributed by atoms with E-state index in [0.29, 0.717) is 0 Å². The second kappa shape index (κ2) is 8.08. The zero-order valence-electron chi connectivity index (χ0n) is 9.78. The quantitative estimate of drug-likeness (QED) is 0.664. The minimum atomic E-state index is -0.160. The van der Waals surface area contributed by atoms with Gasteiger partial charge >= 0.3 is 0 Å². The summed E-state index contributed by atoms with van der Waals surface area (Å²) in [6.45, 7) is 3.49. The predicted octanol–water partition coefficient (Wildman–Crippen LogP) is 2.47. The summed E-state index contributed by atoms with van der Waals surface area (Å²) in [6, 6.07) is 0. The predicted molar refractivity (Wildman–Crippen MR) is 59.7 cm³/mol. The first-order chi connectivity index (χ1) is 7.29. The van der Waals surface area contributed by atoms with E-state index in [4.69, 9.17) is 14.6 Å². The van der Waals surface area contributed by atoms with E-state index in [2.05, 4.69) is 0 Å². The standard InChI is InChI=1S/C12H24O3/c1-11(13)7-3-2-5-9-14-12-8-4-6-10-15-12/h11-13H,2-10H2,1H3/t11-,12+/m0/s1. The molecule has 1 saturated heterocycles. The van der Waals surface area contributed by atoms with Gasteiger partial charge in [0, 0.05) is 13.2 Å². The zero-order valence-corrected chi connectivity index (χ0v) is 9.78. The Kier molecular flexibility index (Phi) is 6.98. The van der Waals surface area contributed by atoms with Gasteiger partial charge in [-0.05, 0) is 39.0 Å². The zero-order chi connectivity index (χ0) is 10.9. The maximum absolute atomic E-state index is 9.06. The van der Waals surface area contributed by atoms with Crippen LogP contribution in [0.25, 0.3) is 0 Å². The Labute approximate surface area is 92.8 Å². The van der Waals surface area contributed by atoms with Crippen molar-refractivity contribution in [1.82, 2.24) is 0 Å². The van der Waals surface area contributed by atoms with E-state index in [1.165, 1.54) is 12.8 Å². The average molecular weight is 216 g/mol. The van der Waals surface area contributed by atoms with Crippen molar-refractivity contribution in [2.75, 3.05) is 13.2 Å². The summed E-state index contributed by atoms with van der Waals surface area (Å²) in [5.41, 5.74) is 0. The van der Waals surface area contributed by atoms with Crippen LogP contribution in [0.5, 0.6) is 0 Å². The van der Waals surface area contributed by atoms with Gasteiger partial charge in [-0.25, -0.2) is 0 Å². The fraction of sp³-hybridized carbons (Fsp3) is 1.00. The minimum absolute atomic E-state index is 0.0514. The number of ether oxygens (including phenoxy) is 2.